The fourth-order valence-electron chi connectivity index (χ4n) is 2.15. The van der Waals surface area contributed by atoms with Gasteiger partial charge in [0.1, 0.15) is 0 Å². The number of carbonyl (C=O) groups excluding carboxylic acids is 1. The zero-order valence-electron chi connectivity index (χ0n) is 13.5. The first kappa shape index (κ1) is 17.9. The summed E-state index contributed by atoms with van der Waals surface area (Å²) < 4.78 is 0. The van der Waals surface area contributed by atoms with Crippen molar-refractivity contribution in [3.05, 3.63) is 35.9 Å². The van der Waals surface area contributed by atoms with E-state index in [1.54, 1.807) is 16.7 Å². The molecule has 0 aliphatic carbocycles. The van der Waals surface area contributed by atoms with Gasteiger partial charge >= 0.3 is 6.03 Å². The Balaban J connectivity index is 2.67. The van der Waals surface area contributed by atoms with Crippen molar-refractivity contribution < 1.29 is 4.79 Å². The number of likely N-dealkylation sites (N-methyl/N-ethyl adjacent to an activating group) is 2. The van der Waals surface area contributed by atoms with Gasteiger partial charge in [-0.05, 0) is 38.1 Å². The predicted octanol–water partition coefficient (Wildman–Crippen LogP) is 2.68. The number of nitrogens with zero attached hydrogens (tertiary/aromatic N) is 2. The molecule has 0 heterocycles. The number of hydrogen-bond donors (Lipinski definition) is 1. The van der Waals surface area contributed by atoms with Crippen LogP contribution in [-0.4, -0.2) is 62.1 Å². The number of urea groups is 1. The lowest BCUT2D eigenvalue weighted by atomic mass is 10.1. The Bertz CT molecular complexity index is 411. The summed E-state index contributed by atoms with van der Waals surface area (Å²) >= 11 is 1.80. The van der Waals surface area contributed by atoms with Gasteiger partial charge in [0.2, 0.25) is 0 Å². The third-order valence-electron chi connectivity index (χ3n) is 3.31. The normalized spacial score (nSPS) is 12.2. The first-order chi connectivity index (χ1) is 10.1. The van der Waals surface area contributed by atoms with Crippen molar-refractivity contribution in [1.29, 1.82) is 0 Å². The van der Waals surface area contributed by atoms with E-state index in [9.17, 15) is 4.79 Å². The lowest BCUT2D eigenvalue weighted by Gasteiger charge is -2.31. The van der Waals surface area contributed by atoms with Gasteiger partial charge in [0.05, 0.1) is 6.04 Å². The Morgan fingerprint density at radius 1 is 1.24 bits per heavy atom. The Kier molecular flexibility index (Phi) is 8.23. The van der Waals surface area contributed by atoms with Crippen LogP contribution in [0.3, 0.4) is 0 Å². The van der Waals surface area contributed by atoms with Gasteiger partial charge in [0.15, 0.2) is 0 Å². The Hall–Kier alpha value is -1.20. The maximum absolute atomic E-state index is 12.3. The molecule has 0 fully saturated rings. The van der Waals surface area contributed by atoms with E-state index in [-0.39, 0.29) is 12.1 Å². The molecule has 0 spiro atoms. The van der Waals surface area contributed by atoms with Gasteiger partial charge in [0, 0.05) is 20.1 Å². The zero-order valence-corrected chi connectivity index (χ0v) is 14.3. The second-order valence-electron chi connectivity index (χ2n) is 5.38. The molecule has 0 saturated heterocycles. The number of benzene rings is 1. The quantitative estimate of drug-likeness (QED) is 0.750. The van der Waals surface area contributed by atoms with E-state index < -0.39 is 0 Å². The van der Waals surface area contributed by atoms with Crippen LogP contribution in [0.15, 0.2) is 30.3 Å². The van der Waals surface area contributed by atoms with Gasteiger partial charge < -0.3 is 15.1 Å². The average molecular weight is 309 g/mol. The van der Waals surface area contributed by atoms with Crippen LogP contribution in [0.4, 0.5) is 4.79 Å². The first-order valence-corrected chi connectivity index (χ1v) is 8.65. The molecular weight excluding hydrogens is 282 g/mol. The summed E-state index contributed by atoms with van der Waals surface area (Å²) in [6, 6.07) is 10.2. The van der Waals surface area contributed by atoms with Crippen LogP contribution in [0.25, 0.3) is 0 Å². The van der Waals surface area contributed by atoms with Crippen molar-refractivity contribution in [2.45, 2.75) is 12.5 Å². The van der Waals surface area contributed by atoms with Crippen molar-refractivity contribution >= 4 is 17.8 Å². The molecule has 1 atom stereocenters. The van der Waals surface area contributed by atoms with E-state index in [4.69, 9.17) is 0 Å². The smallest absolute Gasteiger partial charge is 0.317 e. The molecule has 0 aromatic heterocycles. The summed E-state index contributed by atoms with van der Waals surface area (Å²) in [6.07, 6.45) is 3.08. The van der Waals surface area contributed by atoms with Crippen molar-refractivity contribution in [3.8, 4) is 0 Å². The van der Waals surface area contributed by atoms with Crippen LogP contribution in [0.1, 0.15) is 18.0 Å². The Morgan fingerprint density at radius 3 is 2.48 bits per heavy atom. The van der Waals surface area contributed by atoms with Crippen molar-refractivity contribution in [3.63, 3.8) is 0 Å². The molecule has 1 rings (SSSR count). The maximum atomic E-state index is 12.3. The largest absolute Gasteiger partial charge is 0.338 e. The van der Waals surface area contributed by atoms with Crippen LogP contribution in [0.5, 0.6) is 0 Å². The fraction of sp³-hybridized carbons (Fsp3) is 0.562. The summed E-state index contributed by atoms with van der Waals surface area (Å²) in [7, 11) is 5.92. The van der Waals surface area contributed by atoms with Gasteiger partial charge in [-0.1, -0.05) is 30.3 Å². The minimum Gasteiger partial charge on any atom is -0.338 e. The van der Waals surface area contributed by atoms with Crippen LogP contribution in [0.2, 0.25) is 0 Å². The standard InChI is InChI=1S/C16H27N3OS/c1-18(2)13-15(14-9-6-5-7-10-14)19(3)16(20)17-11-8-12-21-4/h5-7,9-10,15H,8,11-13H2,1-4H3,(H,17,20)/t15-/m0/s1. The maximum Gasteiger partial charge on any atom is 0.317 e. The number of hydrogen-bond acceptors (Lipinski definition) is 3. The van der Waals surface area contributed by atoms with E-state index in [0.29, 0.717) is 0 Å². The molecule has 0 unspecified atom stereocenters. The number of thioether (sulfide) groups is 1. The van der Waals surface area contributed by atoms with Gasteiger partial charge in [-0.25, -0.2) is 4.79 Å². The molecule has 21 heavy (non-hydrogen) atoms. The second kappa shape index (κ2) is 9.68. The molecule has 4 nitrogen and oxygen atoms in total. The predicted molar refractivity (Wildman–Crippen MR) is 91.9 cm³/mol. The van der Waals surface area contributed by atoms with E-state index in [1.165, 1.54) is 0 Å². The topological polar surface area (TPSA) is 35.6 Å². The monoisotopic (exact) mass is 309 g/mol. The number of rotatable bonds is 8. The summed E-state index contributed by atoms with van der Waals surface area (Å²) in [4.78, 5) is 16.2. The van der Waals surface area contributed by atoms with Crippen molar-refractivity contribution in [1.82, 2.24) is 15.1 Å². The molecule has 0 radical (unpaired) electrons. The average Bonchev–Trinajstić information content (AvgIpc) is 2.49. The number of carbonyl (C=O) groups is 1. The molecule has 1 aromatic rings. The highest BCUT2D eigenvalue weighted by Gasteiger charge is 2.21. The third kappa shape index (κ3) is 6.40. The van der Waals surface area contributed by atoms with E-state index >= 15 is 0 Å². The summed E-state index contributed by atoms with van der Waals surface area (Å²) in [5, 5.41) is 3.00. The SMILES string of the molecule is CSCCCNC(=O)N(C)[C@@H](CN(C)C)c1ccccc1. The minimum absolute atomic E-state index is 0.00759. The number of amides is 2. The number of nitrogens with one attached hydrogen (secondary N) is 1. The van der Waals surface area contributed by atoms with Gasteiger partial charge in [-0.3, -0.25) is 0 Å². The zero-order chi connectivity index (χ0) is 15.7. The highest BCUT2D eigenvalue weighted by atomic mass is 32.2. The van der Waals surface area contributed by atoms with Crippen LogP contribution < -0.4 is 5.32 Å². The second-order valence-corrected chi connectivity index (χ2v) is 6.36. The van der Waals surface area contributed by atoms with E-state index in [2.05, 4.69) is 28.6 Å². The molecule has 0 aliphatic heterocycles. The first-order valence-electron chi connectivity index (χ1n) is 7.25. The fourth-order valence-corrected chi connectivity index (χ4v) is 2.58. The third-order valence-corrected chi connectivity index (χ3v) is 4.01. The highest BCUT2D eigenvalue weighted by Crippen LogP contribution is 2.19. The molecule has 1 N–H and O–H groups in total. The van der Waals surface area contributed by atoms with Gasteiger partial charge in [0.25, 0.3) is 0 Å². The molecule has 118 valence electrons. The van der Waals surface area contributed by atoms with Crippen LogP contribution in [-0.2, 0) is 0 Å². The molecular formula is C16H27N3OS. The molecule has 0 aliphatic rings. The lowest BCUT2D eigenvalue weighted by molar-refractivity contribution is 0.176. The molecule has 2 amide bonds. The molecule has 1 aromatic carbocycles. The lowest BCUT2D eigenvalue weighted by Crippen LogP contribution is -2.43. The summed E-state index contributed by atoms with van der Waals surface area (Å²) in [6.45, 7) is 1.53. The van der Waals surface area contributed by atoms with Crippen LogP contribution >= 0.6 is 11.8 Å². The molecule has 0 saturated carbocycles. The highest BCUT2D eigenvalue weighted by molar-refractivity contribution is 7.98. The summed E-state index contributed by atoms with van der Waals surface area (Å²) in [5.41, 5.74) is 1.16. The van der Waals surface area contributed by atoms with Gasteiger partial charge in [-0.15, -0.1) is 0 Å². The van der Waals surface area contributed by atoms with Crippen molar-refractivity contribution in [2.75, 3.05) is 46.2 Å². The minimum atomic E-state index is -0.00759. The summed E-state index contributed by atoms with van der Waals surface area (Å²) in [5.74, 6) is 1.07. The van der Waals surface area contributed by atoms with Gasteiger partial charge in [-0.2, -0.15) is 11.8 Å². The Labute approximate surface area is 132 Å². The Morgan fingerprint density at radius 2 is 1.90 bits per heavy atom. The van der Waals surface area contributed by atoms with Crippen molar-refractivity contribution in [2.24, 2.45) is 0 Å². The van der Waals surface area contributed by atoms with E-state index in [1.807, 2.05) is 39.3 Å². The molecule has 0 bridgehead atoms. The van der Waals surface area contributed by atoms with E-state index in [0.717, 1.165) is 30.8 Å². The van der Waals surface area contributed by atoms with Crippen LogP contribution in [0, 0.1) is 0 Å². The molecule has 5 heteroatoms.